The standard InChI is InChI=1S/C30H34N2O5S/c1-7-9-23-26(29(34)37-8-2)27(20-12-10-19(11-13-20)18(3)4)32-28(33)25(38-30(32)31-23)17-21-16-22(35-5)14-15-24(21)36-6/h10-18,27H,7-9H2,1-6H3/b25-17-. The van der Waals surface area contributed by atoms with E-state index in [9.17, 15) is 9.59 Å². The number of esters is 1. The summed E-state index contributed by atoms with van der Waals surface area (Å²) in [4.78, 5) is 32.7. The fraction of sp³-hybridized carbons (Fsp3) is 0.367. The molecule has 3 aromatic rings. The van der Waals surface area contributed by atoms with E-state index in [0.29, 0.717) is 50.0 Å². The Balaban J connectivity index is 1.99. The first kappa shape index (κ1) is 27.4. The number of hydrogen-bond donors (Lipinski definition) is 0. The van der Waals surface area contributed by atoms with Gasteiger partial charge in [-0.15, -0.1) is 0 Å². The second-order valence-corrected chi connectivity index (χ2v) is 10.4. The van der Waals surface area contributed by atoms with Crippen molar-refractivity contribution in [3.8, 4) is 11.5 Å². The van der Waals surface area contributed by atoms with E-state index in [1.807, 2.05) is 25.1 Å². The van der Waals surface area contributed by atoms with Gasteiger partial charge >= 0.3 is 5.97 Å². The van der Waals surface area contributed by atoms with E-state index in [1.165, 1.54) is 16.9 Å². The van der Waals surface area contributed by atoms with E-state index >= 15 is 0 Å². The van der Waals surface area contributed by atoms with E-state index in [1.54, 1.807) is 43.9 Å². The molecule has 8 heteroatoms. The predicted molar refractivity (Wildman–Crippen MR) is 150 cm³/mol. The molecule has 2 heterocycles. The van der Waals surface area contributed by atoms with Gasteiger partial charge < -0.3 is 14.2 Å². The van der Waals surface area contributed by atoms with Crippen LogP contribution in [-0.2, 0) is 9.53 Å². The van der Waals surface area contributed by atoms with E-state index in [4.69, 9.17) is 19.2 Å². The Morgan fingerprint density at radius 3 is 2.45 bits per heavy atom. The van der Waals surface area contributed by atoms with Gasteiger partial charge in [-0.1, -0.05) is 62.8 Å². The number of aromatic nitrogens is 1. The molecule has 2 aromatic carbocycles. The summed E-state index contributed by atoms with van der Waals surface area (Å²) in [6.45, 7) is 8.33. The zero-order valence-corrected chi connectivity index (χ0v) is 23.6. The first-order chi connectivity index (χ1) is 18.3. The molecule has 1 aliphatic heterocycles. The van der Waals surface area contributed by atoms with Gasteiger partial charge in [-0.2, -0.15) is 0 Å². The number of rotatable bonds is 9. The Morgan fingerprint density at radius 2 is 1.84 bits per heavy atom. The number of ether oxygens (including phenoxy) is 3. The smallest absolute Gasteiger partial charge is 0.338 e. The van der Waals surface area contributed by atoms with Crippen LogP contribution in [-0.4, -0.2) is 31.4 Å². The molecule has 0 amide bonds. The highest BCUT2D eigenvalue weighted by Gasteiger charge is 2.34. The molecule has 4 rings (SSSR count). The first-order valence-electron chi connectivity index (χ1n) is 12.9. The molecule has 1 atom stereocenters. The van der Waals surface area contributed by atoms with Gasteiger partial charge in [0, 0.05) is 5.56 Å². The summed E-state index contributed by atoms with van der Waals surface area (Å²) in [5.41, 5.74) is 3.59. The summed E-state index contributed by atoms with van der Waals surface area (Å²) < 4.78 is 18.5. The Hall–Kier alpha value is -3.65. The van der Waals surface area contributed by atoms with Crippen molar-refractivity contribution < 1.29 is 19.0 Å². The van der Waals surface area contributed by atoms with Crippen molar-refractivity contribution in [3.63, 3.8) is 0 Å². The van der Waals surface area contributed by atoms with Crippen LogP contribution in [0.3, 0.4) is 0 Å². The molecule has 0 fully saturated rings. The summed E-state index contributed by atoms with van der Waals surface area (Å²) >= 11 is 1.30. The van der Waals surface area contributed by atoms with Crippen LogP contribution in [0.1, 0.15) is 69.2 Å². The van der Waals surface area contributed by atoms with Gasteiger partial charge in [0.1, 0.15) is 11.5 Å². The van der Waals surface area contributed by atoms with Crippen molar-refractivity contribution in [3.05, 3.63) is 90.1 Å². The summed E-state index contributed by atoms with van der Waals surface area (Å²) in [5, 5.41) is 0. The molecule has 0 bridgehead atoms. The number of thiazole rings is 1. The third-order valence-electron chi connectivity index (χ3n) is 6.53. The number of carbonyl (C=O) groups is 1. The third-order valence-corrected chi connectivity index (χ3v) is 7.52. The molecule has 1 unspecified atom stereocenters. The van der Waals surface area contributed by atoms with Gasteiger partial charge in [0.05, 0.1) is 42.7 Å². The SMILES string of the molecule is CCCC1=C(C(=O)OCC)C(c2ccc(C(C)C)cc2)n2c(s/c(=C\c3cc(OC)ccc3OC)c2=O)=N1. The maximum absolute atomic E-state index is 14.0. The summed E-state index contributed by atoms with van der Waals surface area (Å²) in [5.74, 6) is 1.19. The minimum atomic E-state index is -0.637. The molecular formula is C30H34N2O5S. The number of carbonyl (C=O) groups excluding carboxylic acids is 1. The molecule has 0 spiro atoms. The largest absolute Gasteiger partial charge is 0.497 e. The average molecular weight is 535 g/mol. The van der Waals surface area contributed by atoms with E-state index in [-0.39, 0.29) is 12.2 Å². The Labute approximate surface area is 226 Å². The molecule has 0 aliphatic carbocycles. The van der Waals surface area contributed by atoms with Crippen molar-refractivity contribution >= 4 is 23.4 Å². The molecular weight excluding hydrogens is 500 g/mol. The van der Waals surface area contributed by atoms with E-state index in [0.717, 1.165) is 12.0 Å². The number of nitrogens with zero attached hydrogens (tertiary/aromatic N) is 2. The lowest BCUT2D eigenvalue weighted by Crippen LogP contribution is -2.40. The van der Waals surface area contributed by atoms with Crippen molar-refractivity contribution in [1.29, 1.82) is 0 Å². The van der Waals surface area contributed by atoms with Crippen LogP contribution in [0.5, 0.6) is 11.5 Å². The number of fused-ring (bicyclic) bond motifs is 1. The number of methoxy groups -OCH3 is 2. The number of benzene rings is 2. The highest BCUT2D eigenvalue weighted by Crippen LogP contribution is 2.33. The lowest BCUT2D eigenvalue weighted by Gasteiger charge is -2.26. The molecule has 0 N–H and O–H groups in total. The molecule has 1 aliphatic rings. The van der Waals surface area contributed by atoms with Gasteiger partial charge in [-0.05, 0) is 54.7 Å². The van der Waals surface area contributed by atoms with Gasteiger partial charge in [0.2, 0.25) is 0 Å². The van der Waals surface area contributed by atoms with Crippen molar-refractivity contribution in [1.82, 2.24) is 4.57 Å². The minimum absolute atomic E-state index is 0.228. The summed E-state index contributed by atoms with van der Waals surface area (Å²) in [7, 11) is 3.18. The topological polar surface area (TPSA) is 79.1 Å². The lowest BCUT2D eigenvalue weighted by molar-refractivity contribution is -0.139. The molecule has 38 heavy (non-hydrogen) atoms. The highest BCUT2D eigenvalue weighted by atomic mass is 32.1. The van der Waals surface area contributed by atoms with Crippen molar-refractivity contribution in [2.24, 2.45) is 4.99 Å². The van der Waals surface area contributed by atoms with E-state index < -0.39 is 12.0 Å². The molecule has 1 aromatic heterocycles. The number of hydrogen-bond acceptors (Lipinski definition) is 7. The monoisotopic (exact) mass is 534 g/mol. The number of allylic oxidation sites excluding steroid dienone is 1. The second-order valence-electron chi connectivity index (χ2n) is 9.34. The normalized spacial score (nSPS) is 15.3. The molecule has 0 radical (unpaired) electrons. The van der Waals surface area contributed by atoms with Crippen molar-refractivity contribution in [2.45, 2.75) is 52.5 Å². The average Bonchev–Trinajstić information content (AvgIpc) is 3.22. The first-order valence-corrected chi connectivity index (χ1v) is 13.7. The fourth-order valence-electron chi connectivity index (χ4n) is 4.59. The van der Waals surface area contributed by atoms with Crippen LogP contribution in [0.2, 0.25) is 0 Å². The van der Waals surface area contributed by atoms with Crippen LogP contribution in [0.4, 0.5) is 0 Å². The lowest BCUT2D eigenvalue weighted by atomic mass is 9.92. The maximum atomic E-state index is 14.0. The molecule has 0 saturated carbocycles. The van der Waals surface area contributed by atoms with Gasteiger partial charge in [0.15, 0.2) is 4.80 Å². The van der Waals surface area contributed by atoms with E-state index in [2.05, 4.69) is 26.0 Å². The van der Waals surface area contributed by atoms with Crippen LogP contribution in [0.25, 0.3) is 6.08 Å². The van der Waals surface area contributed by atoms with Crippen LogP contribution in [0, 0.1) is 0 Å². The van der Waals surface area contributed by atoms with Gasteiger partial charge in [0.25, 0.3) is 5.56 Å². The fourth-order valence-corrected chi connectivity index (χ4v) is 5.60. The van der Waals surface area contributed by atoms with Crippen LogP contribution < -0.4 is 24.4 Å². The summed E-state index contributed by atoms with van der Waals surface area (Å²) in [6, 6.07) is 12.9. The molecule has 7 nitrogen and oxygen atoms in total. The Morgan fingerprint density at radius 1 is 1.11 bits per heavy atom. The molecule has 200 valence electrons. The van der Waals surface area contributed by atoms with Crippen molar-refractivity contribution in [2.75, 3.05) is 20.8 Å². The van der Waals surface area contributed by atoms with Crippen LogP contribution >= 0.6 is 11.3 Å². The Bertz CT molecular complexity index is 1530. The predicted octanol–water partition coefficient (Wildman–Crippen LogP) is 4.72. The zero-order valence-electron chi connectivity index (χ0n) is 22.7. The molecule has 0 saturated heterocycles. The highest BCUT2D eigenvalue weighted by molar-refractivity contribution is 7.07. The third kappa shape index (κ3) is 5.31. The second kappa shape index (κ2) is 11.8. The Kier molecular flexibility index (Phi) is 8.52. The maximum Gasteiger partial charge on any atom is 0.338 e. The van der Waals surface area contributed by atoms with Gasteiger partial charge in [-0.3, -0.25) is 9.36 Å². The minimum Gasteiger partial charge on any atom is -0.497 e. The summed E-state index contributed by atoms with van der Waals surface area (Å²) in [6.07, 6.45) is 3.19. The zero-order chi connectivity index (χ0) is 27.4. The van der Waals surface area contributed by atoms with Crippen LogP contribution in [0.15, 0.2) is 63.5 Å². The quantitative estimate of drug-likeness (QED) is 0.371. The van der Waals surface area contributed by atoms with Gasteiger partial charge in [-0.25, -0.2) is 9.79 Å².